The second-order valence-corrected chi connectivity index (χ2v) is 9.67. The first kappa shape index (κ1) is 26.5. The van der Waals surface area contributed by atoms with E-state index >= 15 is 0 Å². The standard InChI is InChI=1S/C27H16N.C11H8N.Ir/c1-2-7-20-17-21(10-9-18(20)5-1)27-26-14-13-23-22-8-4-3-6-19(22)11-12-24(23)25(26)15-16-28-27;1-2-6-10(7-3-1)11-8-4-5-9-12-11;/h1-9,11-17H;1-6,8-9H;/q2*-1;. The van der Waals surface area contributed by atoms with Gasteiger partial charge in [-0.2, -0.15) is 0 Å². The number of fused-ring (bicyclic) bond motifs is 6. The normalized spacial score (nSPS) is 10.7. The molecule has 0 N–H and O–H groups in total. The minimum atomic E-state index is 0. The maximum Gasteiger partial charge on any atom is 0.0167 e. The number of benzene rings is 6. The molecule has 0 fully saturated rings. The quantitative estimate of drug-likeness (QED) is 0.133. The molecule has 8 rings (SSSR count). The van der Waals surface area contributed by atoms with Crippen molar-refractivity contribution in [2.24, 2.45) is 0 Å². The van der Waals surface area contributed by atoms with Gasteiger partial charge in [-0.25, -0.2) is 0 Å². The van der Waals surface area contributed by atoms with Crippen molar-refractivity contribution in [1.82, 2.24) is 9.97 Å². The molecule has 0 aliphatic heterocycles. The largest absolute Gasteiger partial charge is 0.305 e. The summed E-state index contributed by atoms with van der Waals surface area (Å²) in [5.74, 6) is 0. The first-order chi connectivity index (χ1) is 19.8. The second kappa shape index (κ2) is 11.8. The van der Waals surface area contributed by atoms with E-state index < -0.39 is 0 Å². The van der Waals surface area contributed by atoms with Crippen LogP contribution in [-0.2, 0) is 20.1 Å². The Morgan fingerprint density at radius 3 is 1.98 bits per heavy atom. The van der Waals surface area contributed by atoms with Crippen LogP contribution in [0.15, 0.2) is 146 Å². The minimum Gasteiger partial charge on any atom is -0.305 e. The van der Waals surface area contributed by atoms with Gasteiger partial charge < -0.3 is 9.97 Å². The molecule has 0 bridgehead atoms. The van der Waals surface area contributed by atoms with Gasteiger partial charge in [0.05, 0.1) is 0 Å². The van der Waals surface area contributed by atoms with Gasteiger partial charge in [0, 0.05) is 32.5 Å². The molecule has 0 atom stereocenters. The van der Waals surface area contributed by atoms with Crippen molar-refractivity contribution in [1.29, 1.82) is 0 Å². The van der Waals surface area contributed by atoms with E-state index in [9.17, 15) is 0 Å². The molecule has 0 unspecified atom stereocenters. The van der Waals surface area contributed by atoms with Crippen molar-refractivity contribution in [2.75, 3.05) is 0 Å². The maximum absolute atomic E-state index is 4.72. The molecule has 0 aliphatic carbocycles. The van der Waals surface area contributed by atoms with Gasteiger partial charge in [0.15, 0.2) is 0 Å². The van der Waals surface area contributed by atoms with Gasteiger partial charge in [-0.05, 0) is 55.8 Å². The van der Waals surface area contributed by atoms with E-state index in [1.165, 1.54) is 37.7 Å². The van der Waals surface area contributed by atoms with Crippen molar-refractivity contribution in [2.45, 2.75) is 0 Å². The molecule has 0 saturated carbocycles. The predicted molar refractivity (Wildman–Crippen MR) is 167 cm³/mol. The Hall–Kier alpha value is -4.69. The van der Waals surface area contributed by atoms with E-state index in [1.807, 2.05) is 48.7 Å². The van der Waals surface area contributed by atoms with Crippen LogP contribution in [0, 0.1) is 12.1 Å². The predicted octanol–water partition coefficient (Wildman–Crippen LogP) is 9.71. The van der Waals surface area contributed by atoms with Crippen LogP contribution in [0.4, 0.5) is 0 Å². The third kappa shape index (κ3) is 5.26. The fourth-order valence-electron chi connectivity index (χ4n) is 5.31. The number of hydrogen-bond acceptors (Lipinski definition) is 2. The summed E-state index contributed by atoms with van der Waals surface area (Å²) in [7, 11) is 0. The van der Waals surface area contributed by atoms with Crippen molar-refractivity contribution < 1.29 is 20.1 Å². The van der Waals surface area contributed by atoms with Crippen LogP contribution in [0.5, 0.6) is 0 Å². The van der Waals surface area contributed by atoms with Crippen LogP contribution in [0.1, 0.15) is 0 Å². The average Bonchev–Trinajstić information content (AvgIpc) is 3.05. The molecule has 6 aromatic carbocycles. The summed E-state index contributed by atoms with van der Waals surface area (Å²) in [6.45, 7) is 0. The minimum absolute atomic E-state index is 0. The number of hydrogen-bond donors (Lipinski definition) is 0. The monoisotopic (exact) mass is 701 g/mol. The zero-order valence-corrected chi connectivity index (χ0v) is 24.5. The van der Waals surface area contributed by atoms with E-state index in [2.05, 4.69) is 108 Å². The topological polar surface area (TPSA) is 25.8 Å². The van der Waals surface area contributed by atoms with E-state index in [0.29, 0.717) is 0 Å². The van der Waals surface area contributed by atoms with E-state index in [4.69, 9.17) is 4.98 Å². The Morgan fingerprint density at radius 1 is 0.439 bits per heavy atom. The molecule has 0 aliphatic rings. The van der Waals surface area contributed by atoms with Crippen LogP contribution < -0.4 is 0 Å². The Labute approximate surface area is 252 Å². The van der Waals surface area contributed by atoms with Crippen LogP contribution >= 0.6 is 0 Å². The molecule has 0 spiro atoms. The summed E-state index contributed by atoms with van der Waals surface area (Å²) in [5, 5.41) is 9.91. The molecular formula is C38H24IrN2-2. The summed E-state index contributed by atoms with van der Waals surface area (Å²) in [5.41, 5.74) is 4.03. The van der Waals surface area contributed by atoms with Crippen molar-refractivity contribution in [3.8, 4) is 22.5 Å². The fourth-order valence-corrected chi connectivity index (χ4v) is 5.31. The average molecular weight is 701 g/mol. The summed E-state index contributed by atoms with van der Waals surface area (Å²) in [6, 6.07) is 52.4. The smallest absolute Gasteiger partial charge is 0.0167 e. The number of rotatable bonds is 2. The first-order valence-electron chi connectivity index (χ1n) is 13.3. The molecule has 2 nitrogen and oxygen atoms in total. The number of pyridine rings is 2. The van der Waals surface area contributed by atoms with E-state index in [1.54, 1.807) is 6.20 Å². The van der Waals surface area contributed by atoms with Crippen LogP contribution in [-0.4, -0.2) is 9.97 Å². The summed E-state index contributed by atoms with van der Waals surface area (Å²) in [4.78, 5) is 8.94. The molecule has 3 heteroatoms. The van der Waals surface area contributed by atoms with Crippen LogP contribution in [0.25, 0.3) is 65.6 Å². The Bertz CT molecular complexity index is 2070. The second-order valence-electron chi connectivity index (χ2n) is 9.67. The van der Waals surface area contributed by atoms with Gasteiger partial charge in [0.25, 0.3) is 0 Å². The van der Waals surface area contributed by atoms with Crippen molar-refractivity contribution in [3.63, 3.8) is 0 Å². The summed E-state index contributed by atoms with van der Waals surface area (Å²) < 4.78 is 0. The molecule has 197 valence electrons. The molecule has 1 radical (unpaired) electrons. The van der Waals surface area contributed by atoms with Gasteiger partial charge in [-0.1, -0.05) is 90.3 Å². The van der Waals surface area contributed by atoms with Crippen LogP contribution in [0.2, 0.25) is 0 Å². The van der Waals surface area contributed by atoms with Crippen LogP contribution in [0.3, 0.4) is 0 Å². The molecule has 0 saturated heterocycles. The zero-order valence-electron chi connectivity index (χ0n) is 22.1. The van der Waals surface area contributed by atoms with Crippen molar-refractivity contribution >= 4 is 43.1 Å². The van der Waals surface area contributed by atoms with E-state index in [0.717, 1.165) is 27.9 Å². The molecular weight excluding hydrogens is 677 g/mol. The first-order valence-corrected chi connectivity index (χ1v) is 13.3. The SMILES string of the molecule is [Ir].[c-]1cc2ccccc2cc1-c1nccc2c1ccc1c3ccccc3ccc21.[c-]1ccccc1-c1ccccn1. The van der Waals surface area contributed by atoms with Crippen molar-refractivity contribution in [3.05, 3.63) is 158 Å². The summed E-state index contributed by atoms with van der Waals surface area (Å²) >= 11 is 0. The third-order valence-electron chi connectivity index (χ3n) is 7.25. The number of nitrogens with zero attached hydrogens (tertiary/aromatic N) is 2. The fraction of sp³-hybridized carbons (Fsp3) is 0. The molecule has 8 aromatic rings. The van der Waals surface area contributed by atoms with Gasteiger partial charge in [0.1, 0.15) is 0 Å². The molecule has 2 aromatic heterocycles. The van der Waals surface area contributed by atoms with Gasteiger partial charge in [-0.15, -0.1) is 65.0 Å². The summed E-state index contributed by atoms with van der Waals surface area (Å²) in [6.07, 6.45) is 3.70. The zero-order chi connectivity index (χ0) is 26.7. The molecule has 41 heavy (non-hydrogen) atoms. The maximum atomic E-state index is 4.72. The number of aromatic nitrogens is 2. The Morgan fingerprint density at radius 2 is 1.15 bits per heavy atom. The molecule has 2 heterocycles. The van der Waals surface area contributed by atoms with Gasteiger partial charge in [-0.3, -0.25) is 0 Å². The Kier molecular flexibility index (Phi) is 7.65. The van der Waals surface area contributed by atoms with Gasteiger partial charge >= 0.3 is 0 Å². The third-order valence-corrected chi connectivity index (χ3v) is 7.25. The van der Waals surface area contributed by atoms with Gasteiger partial charge in [0.2, 0.25) is 0 Å². The van der Waals surface area contributed by atoms with E-state index in [-0.39, 0.29) is 20.1 Å². The molecule has 0 amide bonds. The Balaban J connectivity index is 0.000000196.